The quantitative estimate of drug-likeness (QED) is 0.702. The van der Waals surface area contributed by atoms with Gasteiger partial charge in [-0.15, -0.1) is 0 Å². The number of aromatic hydroxyl groups is 1. The first-order valence-corrected chi connectivity index (χ1v) is 11.9. The van der Waals surface area contributed by atoms with Gasteiger partial charge in [-0.25, -0.2) is 4.79 Å². The first-order valence-electron chi connectivity index (χ1n) is 11.9. The Hall–Kier alpha value is -2.32. The number of piperazine rings is 1. The summed E-state index contributed by atoms with van der Waals surface area (Å²) in [6, 6.07) is 4.45. The Balaban J connectivity index is 1.77. The van der Waals surface area contributed by atoms with Gasteiger partial charge in [0.1, 0.15) is 17.4 Å². The fraction of sp³-hybridized carbons (Fsp3) is 0.680. The van der Waals surface area contributed by atoms with Crippen LogP contribution in [0.2, 0.25) is 0 Å². The van der Waals surface area contributed by atoms with E-state index in [1.807, 2.05) is 26.8 Å². The van der Waals surface area contributed by atoms with Crippen molar-refractivity contribution in [2.75, 3.05) is 39.8 Å². The Kier molecular flexibility index (Phi) is 7.90. The van der Waals surface area contributed by atoms with E-state index in [0.29, 0.717) is 6.42 Å². The van der Waals surface area contributed by atoms with Crippen LogP contribution in [-0.4, -0.2) is 89.3 Å². The summed E-state index contributed by atoms with van der Waals surface area (Å²) in [7, 11) is 2.13. The summed E-state index contributed by atoms with van der Waals surface area (Å²) < 4.78 is 5.62. The first kappa shape index (κ1) is 25.3. The van der Waals surface area contributed by atoms with E-state index in [4.69, 9.17) is 4.74 Å². The number of amides is 2. The van der Waals surface area contributed by atoms with Crippen LogP contribution in [0.4, 0.5) is 4.79 Å². The number of phenols is 1. The van der Waals surface area contributed by atoms with Crippen LogP contribution < -0.4 is 5.32 Å². The number of phenolic OH excluding ortho intramolecular Hbond substituents is 1. The van der Waals surface area contributed by atoms with Crippen LogP contribution in [0, 0.1) is 5.92 Å². The lowest BCUT2D eigenvalue weighted by Gasteiger charge is -2.39. The molecule has 0 unspecified atom stereocenters. The largest absolute Gasteiger partial charge is 0.508 e. The summed E-state index contributed by atoms with van der Waals surface area (Å²) in [6.07, 6.45) is -0.128. The molecule has 1 fully saturated rings. The molecule has 2 atom stereocenters. The standard InChI is InChI=1S/C25H40N4O4/c1-17(2)21(16-28-11-9-27(6)10-12-28)26-23(31)22-14-18-7-8-20(30)13-19(18)15-29(22)24(32)33-25(3,4)5/h7-8,13,17,21-22,30H,9-12,14-16H2,1-6H3,(H,26,31)/t21-,22-/m1/s1. The third-order valence-corrected chi connectivity index (χ3v) is 6.43. The van der Waals surface area contributed by atoms with E-state index in [1.54, 1.807) is 12.1 Å². The maximum absolute atomic E-state index is 13.5. The van der Waals surface area contributed by atoms with Crippen LogP contribution in [0.15, 0.2) is 18.2 Å². The topological polar surface area (TPSA) is 85.4 Å². The molecular formula is C25H40N4O4. The Bertz CT molecular complexity index is 843. The molecule has 33 heavy (non-hydrogen) atoms. The van der Waals surface area contributed by atoms with E-state index >= 15 is 0 Å². The van der Waals surface area contributed by atoms with Gasteiger partial charge in [-0.05, 0) is 57.0 Å². The highest BCUT2D eigenvalue weighted by Crippen LogP contribution is 2.28. The number of likely N-dealkylation sites (N-methyl/N-ethyl adjacent to an activating group) is 1. The SMILES string of the molecule is CC(C)[C@@H](CN1CCN(C)CC1)NC(=O)[C@H]1Cc2ccc(O)cc2CN1C(=O)OC(C)(C)C. The molecule has 184 valence electrons. The number of hydrogen-bond acceptors (Lipinski definition) is 6. The van der Waals surface area contributed by atoms with Gasteiger partial charge in [0, 0.05) is 45.2 Å². The number of hydrogen-bond donors (Lipinski definition) is 2. The molecule has 8 nitrogen and oxygen atoms in total. The van der Waals surface area contributed by atoms with Gasteiger partial charge in [-0.1, -0.05) is 19.9 Å². The number of nitrogens with zero attached hydrogens (tertiary/aromatic N) is 3. The van der Waals surface area contributed by atoms with Gasteiger partial charge in [-0.2, -0.15) is 0 Å². The zero-order valence-corrected chi connectivity index (χ0v) is 20.9. The Labute approximate surface area is 197 Å². The Morgan fingerprint density at radius 1 is 1.15 bits per heavy atom. The number of fused-ring (bicyclic) bond motifs is 1. The highest BCUT2D eigenvalue weighted by Gasteiger charge is 2.38. The van der Waals surface area contributed by atoms with Crippen molar-refractivity contribution in [2.45, 2.75) is 65.3 Å². The van der Waals surface area contributed by atoms with E-state index in [1.165, 1.54) is 4.90 Å². The third-order valence-electron chi connectivity index (χ3n) is 6.43. The fourth-order valence-corrected chi connectivity index (χ4v) is 4.33. The molecule has 8 heteroatoms. The molecular weight excluding hydrogens is 420 g/mol. The van der Waals surface area contributed by atoms with Gasteiger partial charge in [0.2, 0.25) is 5.91 Å². The average Bonchev–Trinajstić information content (AvgIpc) is 2.72. The molecule has 0 radical (unpaired) electrons. The van der Waals surface area contributed by atoms with Gasteiger partial charge in [0.25, 0.3) is 0 Å². The second kappa shape index (κ2) is 10.3. The lowest BCUT2D eigenvalue weighted by Crippen LogP contribution is -2.58. The highest BCUT2D eigenvalue weighted by atomic mass is 16.6. The van der Waals surface area contributed by atoms with Crippen LogP contribution in [0.25, 0.3) is 0 Å². The monoisotopic (exact) mass is 460 g/mol. The van der Waals surface area contributed by atoms with E-state index in [-0.39, 0.29) is 30.2 Å². The predicted molar refractivity (Wildman–Crippen MR) is 128 cm³/mol. The molecule has 2 N–H and O–H groups in total. The number of benzene rings is 1. The summed E-state index contributed by atoms with van der Waals surface area (Å²) in [6.45, 7) is 14.7. The third kappa shape index (κ3) is 6.84. The molecule has 1 saturated heterocycles. The van der Waals surface area contributed by atoms with Crippen molar-refractivity contribution in [1.82, 2.24) is 20.0 Å². The van der Waals surface area contributed by atoms with Crippen molar-refractivity contribution in [1.29, 1.82) is 0 Å². The number of nitrogens with one attached hydrogen (secondary N) is 1. The second-order valence-electron chi connectivity index (χ2n) is 10.7. The molecule has 3 rings (SSSR count). The number of carbonyl (C=O) groups excluding carboxylic acids is 2. The zero-order chi connectivity index (χ0) is 24.3. The summed E-state index contributed by atoms with van der Waals surface area (Å²) in [4.78, 5) is 32.8. The van der Waals surface area contributed by atoms with Crippen molar-refractivity contribution < 1.29 is 19.4 Å². The van der Waals surface area contributed by atoms with Crippen LogP contribution in [0.5, 0.6) is 5.75 Å². The predicted octanol–water partition coefficient (Wildman–Crippen LogP) is 2.44. The summed E-state index contributed by atoms with van der Waals surface area (Å²) in [5, 5.41) is 13.1. The Morgan fingerprint density at radius 3 is 2.42 bits per heavy atom. The van der Waals surface area contributed by atoms with Crippen LogP contribution in [-0.2, 0) is 22.5 Å². The molecule has 2 aliphatic heterocycles. The number of ether oxygens (including phenoxy) is 1. The van der Waals surface area contributed by atoms with E-state index in [0.717, 1.165) is 43.9 Å². The van der Waals surface area contributed by atoms with Crippen molar-refractivity contribution in [2.24, 2.45) is 5.92 Å². The van der Waals surface area contributed by atoms with Crippen molar-refractivity contribution in [3.63, 3.8) is 0 Å². The lowest BCUT2D eigenvalue weighted by atomic mass is 9.93. The maximum Gasteiger partial charge on any atom is 0.411 e. The highest BCUT2D eigenvalue weighted by molar-refractivity contribution is 5.87. The molecule has 2 amide bonds. The van der Waals surface area contributed by atoms with Crippen molar-refractivity contribution in [3.05, 3.63) is 29.3 Å². The number of carbonyl (C=O) groups is 2. The van der Waals surface area contributed by atoms with E-state index in [9.17, 15) is 14.7 Å². The summed E-state index contributed by atoms with van der Waals surface area (Å²) >= 11 is 0. The van der Waals surface area contributed by atoms with E-state index < -0.39 is 17.7 Å². The normalized spacial score (nSPS) is 20.9. The molecule has 0 aliphatic carbocycles. The van der Waals surface area contributed by atoms with Gasteiger partial charge in [-0.3, -0.25) is 14.6 Å². The average molecular weight is 461 g/mol. The molecule has 1 aromatic carbocycles. The van der Waals surface area contributed by atoms with Crippen LogP contribution in [0.1, 0.15) is 45.7 Å². The van der Waals surface area contributed by atoms with Crippen molar-refractivity contribution >= 4 is 12.0 Å². The van der Waals surface area contributed by atoms with E-state index in [2.05, 4.69) is 36.0 Å². The molecule has 1 aromatic rings. The second-order valence-corrected chi connectivity index (χ2v) is 10.7. The lowest BCUT2D eigenvalue weighted by molar-refractivity contribution is -0.128. The minimum absolute atomic E-state index is 0.0115. The van der Waals surface area contributed by atoms with Crippen LogP contribution in [0.3, 0.4) is 0 Å². The molecule has 0 bridgehead atoms. The smallest absolute Gasteiger partial charge is 0.411 e. The molecule has 2 aliphatic rings. The van der Waals surface area contributed by atoms with Gasteiger partial charge >= 0.3 is 6.09 Å². The first-order chi connectivity index (χ1) is 15.4. The summed E-state index contributed by atoms with van der Waals surface area (Å²) in [5.74, 6) is 0.247. The van der Waals surface area contributed by atoms with Gasteiger partial charge in [0.15, 0.2) is 0 Å². The molecule has 0 saturated carbocycles. The van der Waals surface area contributed by atoms with Crippen LogP contribution >= 0.6 is 0 Å². The van der Waals surface area contributed by atoms with Gasteiger partial charge < -0.3 is 20.1 Å². The Morgan fingerprint density at radius 2 is 1.82 bits per heavy atom. The minimum Gasteiger partial charge on any atom is -0.508 e. The molecule has 0 aromatic heterocycles. The fourth-order valence-electron chi connectivity index (χ4n) is 4.33. The summed E-state index contributed by atoms with van der Waals surface area (Å²) in [5.41, 5.74) is 1.13. The van der Waals surface area contributed by atoms with Crippen molar-refractivity contribution in [3.8, 4) is 5.75 Å². The molecule has 0 spiro atoms. The maximum atomic E-state index is 13.5. The number of rotatable bonds is 5. The van der Waals surface area contributed by atoms with Gasteiger partial charge in [0.05, 0.1) is 6.54 Å². The zero-order valence-electron chi connectivity index (χ0n) is 20.9. The minimum atomic E-state index is -0.668. The molecule has 2 heterocycles.